The van der Waals surface area contributed by atoms with E-state index in [0.717, 1.165) is 33.5 Å². The third kappa shape index (κ3) is 3.53. The zero-order valence-corrected chi connectivity index (χ0v) is 15.4. The van der Waals surface area contributed by atoms with Gasteiger partial charge in [-0.1, -0.05) is 45.7 Å². The quantitative estimate of drug-likeness (QED) is 0.643. The number of hydrogen-bond acceptors (Lipinski definition) is 1. The number of hydrogen-bond donors (Lipinski definition) is 1. The van der Waals surface area contributed by atoms with Crippen LogP contribution in [0.5, 0.6) is 0 Å². The number of rotatable bonds is 2. The molecule has 0 bridgehead atoms. The largest absolute Gasteiger partial charge is 0.316 e. The molecule has 1 nitrogen and oxygen atoms in total. The summed E-state index contributed by atoms with van der Waals surface area (Å²) in [7, 11) is 0. The Hall–Kier alpha value is -0.350. The van der Waals surface area contributed by atoms with Crippen molar-refractivity contribution in [2.45, 2.75) is 18.3 Å². The molecule has 2 atom stereocenters. The second kappa shape index (κ2) is 6.82. The molecule has 3 rings (SSSR count). The monoisotopic (exact) mass is 427 g/mol. The van der Waals surface area contributed by atoms with Gasteiger partial charge in [0.15, 0.2) is 0 Å². The molecule has 1 heterocycles. The van der Waals surface area contributed by atoms with Gasteiger partial charge in [-0.3, -0.25) is 0 Å². The van der Waals surface area contributed by atoms with Crippen LogP contribution in [0.2, 0.25) is 5.02 Å². The highest BCUT2D eigenvalue weighted by Gasteiger charge is 2.27. The molecular weight excluding hydrogens is 413 g/mol. The maximum atomic E-state index is 6.13. The minimum absolute atomic E-state index is 0.500. The van der Waals surface area contributed by atoms with Crippen LogP contribution in [0.1, 0.15) is 29.4 Å². The summed E-state index contributed by atoms with van der Waals surface area (Å²) in [6.07, 6.45) is 1.15. The van der Waals surface area contributed by atoms with E-state index in [9.17, 15) is 0 Å². The molecule has 0 amide bonds. The van der Waals surface area contributed by atoms with Gasteiger partial charge in [0.2, 0.25) is 0 Å². The van der Waals surface area contributed by atoms with E-state index in [-0.39, 0.29) is 0 Å². The number of piperidine rings is 1. The first-order valence-electron chi connectivity index (χ1n) is 7.06. The highest BCUT2D eigenvalue weighted by atomic mass is 79.9. The average molecular weight is 430 g/mol. The van der Waals surface area contributed by atoms with E-state index < -0.39 is 0 Å². The van der Waals surface area contributed by atoms with Crippen LogP contribution >= 0.6 is 43.5 Å². The number of halogens is 3. The zero-order valence-electron chi connectivity index (χ0n) is 11.5. The highest BCUT2D eigenvalue weighted by Crippen LogP contribution is 2.39. The van der Waals surface area contributed by atoms with Crippen molar-refractivity contribution >= 4 is 43.5 Å². The van der Waals surface area contributed by atoms with Crippen LogP contribution in [-0.2, 0) is 0 Å². The average Bonchev–Trinajstić information content (AvgIpc) is 2.51. The van der Waals surface area contributed by atoms with Crippen molar-refractivity contribution in [3.8, 4) is 0 Å². The molecular formula is C17H16Br2ClN. The predicted octanol–water partition coefficient (Wildman–Crippen LogP) is 5.73. The van der Waals surface area contributed by atoms with Crippen molar-refractivity contribution in [1.29, 1.82) is 0 Å². The van der Waals surface area contributed by atoms with Gasteiger partial charge in [-0.05, 0) is 70.2 Å². The van der Waals surface area contributed by atoms with E-state index in [2.05, 4.69) is 73.6 Å². The van der Waals surface area contributed by atoms with E-state index in [1.54, 1.807) is 0 Å². The van der Waals surface area contributed by atoms with Crippen LogP contribution in [0.3, 0.4) is 0 Å². The fourth-order valence-corrected chi connectivity index (χ4v) is 3.84. The highest BCUT2D eigenvalue weighted by molar-refractivity contribution is 9.10. The molecule has 2 aromatic carbocycles. The minimum atomic E-state index is 0.500. The van der Waals surface area contributed by atoms with E-state index in [1.807, 2.05) is 6.07 Å². The van der Waals surface area contributed by atoms with Gasteiger partial charge < -0.3 is 5.32 Å². The van der Waals surface area contributed by atoms with Gasteiger partial charge in [0, 0.05) is 21.4 Å². The normalized spacial score (nSPS) is 22.2. The topological polar surface area (TPSA) is 12.0 Å². The lowest BCUT2D eigenvalue weighted by atomic mass is 9.77. The number of benzene rings is 2. The summed E-state index contributed by atoms with van der Waals surface area (Å²) >= 11 is 13.2. The Balaban J connectivity index is 1.94. The van der Waals surface area contributed by atoms with Crippen LogP contribution in [0.4, 0.5) is 0 Å². The number of nitrogens with one attached hydrogen (secondary N) is 1. The van der Waals surface area contributed by atoms with Crippen molar-refractivity contribution in [2.24, 2.45) is 0 Å². The van der Waals surface area contributed by atoms with Crippen LogP contribution in [0.25, 0.3) is 0 Å². The molecule has 21 heavy (non-hydrogen) atoms. The fourth-order valence-electron chi connectivity index (χ4n) is 3.06. The first-order valence-corrected chi connectivity index (χ1v) is 9.02. The third-order valence-electron chi connectivity index (χ3n) is 4.15. The molecule has 0 aromatic heterocycles. The molecule has 1 aliphatic heterocycles. The van der Waals surface area contributed by atoms with Crippen molar-refractivity contribution in [1.82, 2.24) is 5.32 Å². The summed E-state index contributed by atoms with van der Waals surface area (Å²) in [5.41, 5.74) is 2.75. The zero-order chi connectivity index (χ0) is 14.8. The van der Waals surface area contributed by atoms with Crippen LogP contribution in [-0.4, -0.2) is 13.1 Å². The second-order valence-electron chi connectivity index (χ2n) is 5.43. The predicted molar refractivity (Wildman–Crippen MR) is 96.3 cm³/mol. The molecule has 1 fully saturated rings. The van der Waals surface area contributed by atoms with Gasteiger partial charge in [0.05, 0.1) is 5.02 Å². The van der Waals surface area contributed by atoms with Gasteiger partial charge >= 0.3 is 0 Å². The van der Waals surface area contributed by atoms with Gasteiger partial charge in [-0.15, -0.1) is 0 Å². The Morgan fingerprint density at radius 3 is 2.38 bits per heavy atom. The molecule has 1 aliphatic rings. The summed E-state index contributed by atoms with van der Waals surface area (Å²) in [4.78, 5) is 0. The maximum Gasteiger partial charge on any atom is 0.0548 e. The van der Waals surface area contributed by atoms with Gasteiger partial charge in [0.1, 0.15) is 0 Å². The van der Waals surface area contributed by atoms with E-state index in [1.165, 1.54) is 11.1 Å². The molecule has 0 saturated carbocycles. The Kier molecular flexibility index (Phi) is 5.05. The summed E-state index contributed by atoms with van der Waals surface area (Å²) in [6.45, 7) is 2.09. The molecule has 2 unspecified atom stereocenters. The molecule has 4 heteroatoms. The van der Waals surface area contributed by atoms with E-state index >= 15 is 0 Å². The first kappa shape index (κ1) is 15.5. The SMILES string of the molecule is Clc1ccc(C2CCNCC2c2ccc(Br)cc2)cc1Br. The molecule has 2 aromatic rings. The lowest BCUT2D eigenvalue weighted by Crippen LogP contribution is -2.34. The lowest BCUT2D eigenvalue weighted by Gasteiger charge is -2.33. The maximum absolute atomic E-state index is 6.13. The summed E-state index contributed by atoms with van der Waals surface area (Å²) in [5.74, 6) is 1.03. The molecule has 1 N–H and O–H groups in total. The molecule has 110 valence electrons. The summed E-state index contributed by atoms with van der Waals surface area (Å²) < 4.78 is 2.11. The fraction of sp³-hybridized carbons (Fsp3) is 0.294. The summed E-state index contributed by atoms with van der Waals surface area (Å²) in [5, 5.41) is 4.30. The van der Waals surface area contributed by atoms with E-state index in [4.69, 9.17) is 11.6 Å². The van der Waals surface area contributed by atoms with E-state index in [0.29, 0.717) is 11.8 Å². The second-order valence-corrected chi connectivity index (χ2v) is 7.61. The van der Waals surface area contributed by atoms with Crippen LogP contribution in [0.15, 0.2) is 51.4 Å². The van der Waals surface area contributed by atoms with Gasteiger partial charge in [-0.2, -0.15) is 0 Å². The third-order valence-corrected chi connectivity index (χ3v) is 5.89. The van der Waals surface area contributed by atoms with Crippen LogP contribution < -0.4 is 5.32 Å². The Morgan fingerprint density at radius 1 is 0.952 bits per heavy atom. The van der Waals surface area contributed by atoms with Crippen LogP contribution in [0, 0.1) is 0 Å². The smallest absolute Gasteiger partial charge is 0.0548 e. The van der Waals surface area contributed by atoms with Crippen molar-refractivity contribution in [2.75, 3.05) is 13.1 Å². The minimum Gasteiger partial charge on any atom is -0.316 e. The van der Waals surface area contributed by atoms with Gasteiger partial charge in [0.25, 0.3) is 0 Å². The molecule has 1 saturated heterocycles. The first-order chi connectivity index (χ1) is 10.1. The van der Waals surface area contributed by atoms with Gasteiger partial charge in [-0.25, -0.2) is 0 Å². The Bertz CT molecular complexity index is 627. The molecule has 0 aliphatic carbocycles. The standard InChI is InChI=1S/C17H16Br2ClN/c18-13-4-1-11(2-5-13)15-10-21-8-7-14(15)12-3-6-17(20)16(19)9-12/h1-6,9,14-15,21H,7-8,10H2. The van der Waals surface area contributed by atoms with Crippen molar-refractivity contribution in [3.05, 3.63) is 67.6 Å². The van der Waals surface area contributed by atoms with Crippen molar-refractivity contribution in [3.63, 3.8) is 0 Å². The molecule has 0 radical (unpaired) electrons. The Labute approximate surface area is 147 Å². The summed E-state index contributed by atoms with van der Waals surface area (Å²) in [6, 6.07) is 15.0. The molecule has 0 spiro atoms. The Morgan fingerprint density at radius 2 is 1.67 bits per heavy atom. The van der Waals surface area contributed by atoms with Crippen molar-refractivity contribution < 1.29 is 0 Å². The lowest BCUT2D eigenvalue weighted by molar-refractivity contribution is 0.404.